The predicted octanol–water partition coefficient (Wildman–Crippen LogP) is 2.23. The zero-order chi connectivity index (χ0) is 11.3. The maximum atomic E-state index is 7.38. The Hall–Kier alpha value is -1.16. The number of rotatable bonds is 5. The second-order valence-corrected chi connectivity index (χ2v) is 4.36. The monoisotopic (exact) mass is 224 g/mol. The summed E-state index contributed by atoms with van der Waals surface area (Å²) in [6.07, 6.45) is 0. The summed E-state index contributed by atoms with van der Waals surface area (Å²) in [7, 11) is 1.60. The van der Waals surface area contributed by atoms with Crippen molar-refractivity contribution in [3.05, 3.63) is 29.3 Å². The van der Waals surface area contributed by atoms with Crippen molar-refractivity contribution >= 4 is 17.6 Å². The van der Waals surface area contributed by atoms with E-state index in [0.717, 1.165) is 11.5 Å². The van der Waals surface area contributed by atoms with Gasteiger partial charge in [-0.25, -0.2) is 0 Å². The molecular weight excluding hydrogens is 208 g/mol. The van der Waals surface area contributed by atoms with Crippen LogP contribution in [0.3, 0.4) is 0 Å². The number of benzene rings is 1. The molecule has 0 aromatic heterocycles. The van der Waals surface area contributed by atoms with Gasteiger partial charge in [0, 0.05) is 5.75 Å². The van der Waals surface area contributed by atoms with Crippen molar-refractivity contribution in [1.29, 1.82) is 5.41 Å². The number of nitrogens with two attached hydrogens (primary N) is 1. The Kier molecular flexibility index (Phi) is 4.49. The van der Waals surface area contributed by atoms with Crippen molar-refractivity contribution in [2.24, 2.45) is 5.73 Å². The summed E-state index contributed by atoms with van der Waals surface area (Å²) in [5.74, 6) is 2.78. The molecule has 0 atom stereocenters. The lowest BCUT2D eigenvalue weighted by atomic mass is 10.1. The quantitative estimate of drug-likeness (QED) is 0.595. The number of hydrogen-bond acceptors (Lipinski definition) is 3. The molecule has 1 rings (SSSR count). The summed E-state index contributed by atoms with van der Waals surface area (Å²) in [6.45, 7) is 2.13. The summed E-state index contributed by atoms with van der Waals surface area (Å²) >= 11 is 1.85. The van der Waals surface area contributed by atoms with E-state index in [1.54, 1.807) is 7.11 Å². The number of amidine groups is 1. The van der Waals surface area contributed by atoms with Crippen LogP contribution in [0.15, 0.2) is 18.2 Å². The fraction of sp³-hybridized carbons (Fsp3) is 0.364. The van der Waals surface area contributed by atoms with Crippen LogP contribution >= 0.6 is 11.8 Å². The second kappa shape index (κ2) is 5.66. The Morgan fingerprint density at radius 2 is 2.27 bits per heavy atom. The second-order valence-electron chi connectivity index (χ2n) is 3.09. The summed E-state index contributed by atoms with van der Waals surface area (Å²) in [5, 5.41) is 7.38. The van der Waals surface area contributed by atoms with Gasteiger partial charge in [-0.1, -0.05) is 13.0 Å². The molecule has 3 nitrogen and oxygen atoms in total. The van der Waals surface area contributed by atoms with Gasteiger partial charge < -0.3 is 10.5 Å². The third-order valence-corrected chi connectivity index (χ3v) is 2.97. The van der Waals surface area contributed by atoms with E-state index in [2.05, 4.69) is 6.92 Å². The SMILES string of the molecule is CCSCc1ccc(C(=N)N)c(OC)c1. The summed E-state index contributed by atoms with van der Waals surface area (Å²) < 4.78 is 5.20. The lowest BCUT2D eigenvalue weighted by Crippen LogP contribution is -2.12. The standard InChI is InChI=1S/C11H16N2OS/c1-3-15-7-8-4-5-9(11(12)13)10(6-8)14-2/h4-6H,3,7H2,1-2H3,(H3,12,13). The summed E-state index contributed by atoms with van der Waals surface area (Å²) in [5.41, 5.74) is 7.29. The highest BCUT2D eigenvalue weighted by molar-refractivity contribution is 7.98. The average Bonchev–Trinajstić information content (AvgIpc) is 2.25. The van der Waals surface area contributed by atoms with E-state index in [9.17, 15) is 0 Å². The summed E-state index contributed by atoms with van der Waals surface area (Å²) in [4.78, 5) is 0. The largest absolute Gasteiger partial charge is 0.496 e. The number of ether oxygens (including phenoxy) is 1. The molecule has 1 aromatic rings. The zero-order valence-corrected chi connectivity index (χ0v) is 9.86. The average molecular weight is 224 g/mol. The molecule has 1 aromatic carbocycles. The fourth-order valence-corrected chi connectivity index (χ4v) is 1.89. The van der Waals surface area contributed by atoms with Crippen molar-refractivity contribution in [2.45, 2.75) is 12.7 Å². The topological polar surface area (TPSA) is 59.1 Å². The molecule has 3 N–H and O–H groups in total. The summed E-state index contributed by atoms with van der Waals surface area (Å²) in [6, 6.07) is 5.77. The zero-order valence-electron chi connectivity index (χ0n) is 9.04. The number of nitrogen functional groups attached to an aromatic ring is 1. The highest BCUT2D eigenvalue weighted by atomic mass is 32.2. The molecule has 0 fully saturated rings. The van der Waals surface area contributed by atoms with Gasteiger partial charge in [0.15, 0.2) is 0 Å². The van der Waals surface area contributed by atoms with E-state index < -0.39 is 0 Å². The van der Waals surface area contributed by atoms with Crippen molar-refractivity contribution in [1.82, 2.24) is 0 Å². The van der Waals surface area contributed by atoms with Crippen LogP contribution in [-0.4, -0.2) is 18.7 Å². The molecule has 0 heterocycles. The highest BCUT2D eigenvalue weighted by Crippen LogP contribution is 2.22. The molecular formula is C11H16N2OS. The molecule has 0 radical (unpaired) electrons. The minimum absolute atomic E-state index is 0.0431. The van der Waals surface area contributed by atoms with Crippen LogP contribution in [-0.2, 0) is 5.75 Å². The van der Waals surface area contributed by atoms with E-state index in [1.165, 1.54) is 5.56 Å². The van der Waals surface area contributed by atoms with E-state index >= 15 is 0 Å². The third kappa shape index (κ3) is 3.16. The Labute approximate surface area is 94.5 Å². The Morgan fingerprint density at radius 3 is 2.80 bits per heavy atom. The van der Waals surface area contributed by atoms with E-state index in [-0.39, 0.29) is 5.84 Å². The highest BCUT2D eigenvalue weighted by Gasteiger charge is 2.06. The molecule has 0 amide bonds. The molecule has 0 aliphatic heterocycles. The smallest absolute Gasteiger partial charge is 0.130 e. The van der Waals surface area contributed by atoms with Gasteiger partial charge in [0.25, 0.3) is 0 Å². The molecule has 82 valence electrons. The van der Waals surface area contributed by atoms with Crippen LogP contribution in [0.4, 0.5) is 0 Å². The van der Waals surface area contributed by atoms with Crippen molar-refractivity contribution < 1.29 is 4.74 Å². The first-order chi connectivity index (χ1) is 7.19. The molecule has 0 aliphatic rings. The van der Waals surface area contributed by atoms with E-state index in [0.29, 0.717) is 11.3 Å². The molecule has 0 bridgehead atoms. The number of nitrogens with one attached hydrogen (secondary N) is 1. The van der Waals surface area contributed by atoms with Gasteiger partial charge in [-0.3, -0.25) is 5.41 Å². The lowest BCUT2D eigenvalue weighted by molar-refractivity contribution is 0.413. The van der Waals surface area contributed by atoms with Crippen LogP contribution < -0.4 is 10.5 Å². The van der Waals surface area contributed by atoms with Crippen molar-refractivity contribution in [3.63, 3.8) is 0 Å². The van der Waals surface area contributed by atoms with Gasteiger partial charge >= 0.3 is 0 Å². The molecule has 0 saturated carbocycles. The first-order valence-electron chi connectivity index (χ1n) is 4.78. The molecule has 0 spiro atoms. The Balaban J connectivity index is 2.92. The fourth-order valence-electron chi connectivity index (χ4n) is 1.27. The van der Waals surface area contributed by atoms with Gasteiger partial charge in [0.05, 0.1) is 12.7 Å². The van der Waals surface area contributed by atoms with E-state index in [4.69, 9.17) is 15.9 Å². The van der Waals surface area contributed by atoms with E-state index in [1.807, 2.05) is 30.0 Å². The van der Waals surface area contributed by atoms with Gasteiger partial charge in [0.2, 0.25) is 0 Å². The first-order valence-corrected chi connectivity index (χ1v) is 5.93. The Morgan fingerprint density at radius 1 is 1.53 bits per heavy atom. The first kappa shape index (κ1) is 11.9. The predicted molar refractivity (Wildman–Crippen MR) is 65.8 cm³/mol. The van der Waals surface area contributed by atoms with Crippen LogP contribution in [0.1, 0.15) is 18.1 Å². The van der Waals surface area contributed by atoms with Gasteiger partial charge in [0.1, 0.15) is 11.6 Å². The van der Waals surface area contributed by atoms with Crippen molar-refractivity contribution in [2.75, 3.05) is 12.9 Å². The number of thioether (sulfide) groups is 1. The normalized spacial score (nSPS) is 10.0. The van der Waals surface area contributed by atoms with Gasteiger partial charge in [-0.2, -0.15) is 11.8 Å². The number of hydrogen-bond donors (Lipinski definition) is 2. The van der Waals surface area contributed by atoms with Crippen LogP contribution in [0.25, 0.3) is 0 Å². The minimum atomic E-state index is 0.0431. The van der Waals surface area contributed by atoms with Crippen molar-refractivity contribution in [3.8, 4) is 5.75 Å². The van der Waals surface area contributed by atoms with Crippen LogP contribution in [0.5, 0.6) is 5.75 Å². The maximum Gasteiger partial charge on any atom is 0.130 e. The molecule has 0 unspecified atom stereocenters. The maximum absolute atomic E-state index is 7.38. The molecule has 15 heavy (non-hydrogen) atoms. The van der Waals surface area contributed by atoms with Gasteiger partial charge in [-0.05, 0) is 23.4 Å². The van der Waals surface area contributed by atoms with Crippen LogP contribution in [0.2, 0.25) is 0 Å². The van der Waals surface area contributed by atoms with Crippen LogP contribution in [0, 0.1) is 5.41 Å². The molecule has 4 heteroatoms. The lowest BCUT2D eigenvalue weighted by Gasteiger charge is -2.09. The Bertz CT molecular complexity index is 352. The van der Waals surface area contributed by atoms with Gasteiger partial charge in [-0.15, -0.1) is 0 Å². The molecule has 0 saturated heterocycles. The minimum Gasteiger partial charge on any atom is -0.496 e. The molecule has 0 aliphatic carbocycles. The number of methoxy groups -OCH3 is 1. The third-order valence-electron chi connectivity index (χ3n) is 2.03.